The van der Waals surface area contributed by atoms with Crippen LogP contribution in [0.1, 0.15) is 46.3 Å². The van der Waals surface area contributed by atoms with Crippen LogP contribution >= 0.6 is 0 Å². The molecule has 0 fully saturated rings. The molecule has 0 bridgehead atoms. The van der Waals surface area contributed by atoms with Crippen molar-refractivity contribution in [3.05, 3.63) is 88.0 Å². The largest absolute Gasteiger partial charge is 0.493 e. The van der Waals surface area contributed by atoms with Crippen molar-refractivity contribution in [3.63, 3.8) is 0 Å². The molecule has 8 heteroatoms. The maximum atomic E-state index is 13.9. The number of carbonyl (C=O) groups is 1. The first-order valence-electron chi connectivity index (χ1n) is 12.1. The quantitative estimate of drug-likeness (QED) is 0.403. The maximum absolute atomic E-state index is 13.9. The third-order valence-corrected chi connectivity index (χ3v) is 8.39. The van der Waals surface area contributed by atoms with Gasteiger partial charge in [0.05, 0.1) is 31.7 Å². The Labute approximate surface area is 220 Å². The van der Waals surface area contributed by atoms with Crippen LogP contribution in [-0.4, -0.2) is 39.4 Å². The summed E-state index contributed by atoms with van der Waals surface area (Å²) in [5.74, 6) is 0.736. The number of carbonyl (C=O) groups excluding carboxylic acids is 1. The van der Waals surface area contributed by atoms with Gasteiger partial charge in [-0.3, -0.25) is 4.79 Å². The molecule has 0 radical (unpaired) electrons. The Morgan fingerprint density at radius 3 is 2.03 bits per heavy atom. The maximum Gasteiger partial charge on any atom is 0.244 e. The SMILES string of the molecule is COc1ccc([C@@H](C)NC(=O)CN(Cc2ccc(C)cc2)S(=O)(=O)c2c(C)cc(C)cc2C)cc1OC. The molecule has 3 aromatic rings. The number of hydrogen-bond donors (Lipinski definition) is 1. The molecule has 0 spiro atoms. The smallest absolute Gasteiger partial charge is 0.244 e. The summed E-state index contributed by atoms with van der Waals surface area (Å²) in [6.45, 7) is 9.08. The lowest BCUT2D eigenvalue weighted by atomic mass is 10.1. The van der Waals surface area contributed by atoms with Crippen LogP contribution in [0.3, 0.4) is 0 Å². The highest BCUT2D eigenvalue weighted by molar-refractivity contribution is 7.89. The lowest BCUT2D eigenvalue weighted by Gasteiger charge is -2.25. The fourth-order valence-electron chi connectivity index (χ4n) is 4.48. The van der Waals surface area contributed by atoms with Gasteiger partial charge in [-0.05, 0) is 69.0 Å². The van der Waals surface area contributed by atoms with E-state index in [0.29, 0.717) is 22.6 Å². The highest BCUT2D eigenvalue weighted by Crippen LogP contribution is 2.30. The normalized spacial score (nSPS) is 12.3. The van der Waals surface area contributed by atoms with Gasteiger partial charge in [-0.2, -0.15) is 4.31 Å². The highest BCUT2D eigenvalue weighted by atomic mass is 32.2. The molecule has 0 aliphatic carbocycles. The summed E-state index contributed by atoms with van der Waals surface area (Å²) in [5, 5.41) is 2.93. The van der Waals surface area contributed by atoms with E-state index in [2.05, 4.69) is 5.32 Å². The summed E-state index contributed by atoms with van der Waals surface area (Å²) in [6, 6.07) is 16.4. The molecule has 0 saturated heterocycles. The van der Waals surface area contributed by atoms with Crippen LogP contribution in [0.15, 0.2) is 59.5 Å². The second-order valence-electron chi connectivity index (χ2n) is 9.39. The average molecular weight is 525 g/mol. The van der Waals surface area contributed by atoms with Crippen LogP contribution in [0.5, 0.6) is 11.5 Å². The zero-order valence-corrected chi connectivity index (χ0v) is 23.4. The Bertz CT molecular complexity index is 1340. The first-order chi connectivity index (χ1) is 17.5. The predicted molar refractivity (Wildman–Crippen MR) is 146 cm³/mol. The molecule has 0 unspecified atom stereocenters. The van der Waals surface area contributed by atoms with Gasteiger partial charge in [-0.1, -0.05) is 53.6 Å². The third-order valence-electron chi connectivity index (χ3n) is 6.29. The molecular weight excluding hydrogens is 488 g/mol. The minimum atomic E-state index is -3.97. The minimum Gasteiger partial charge on any atom is -0.493 e. The molecule has 7 nitrogen and oxygen atoms in total. The number of hydrogen-bond acceptors (Lipinski definition) is 5. The first kappa shape index (κ1) is 28.2. The van der Waals surface area contributed by atoms with Crippen molar-refractivity contribution in [2.24, 2.45) is 0 Å². The van der Waals surface area contributed by atoms with E-state index < -0.39 is 15.9 Å². The van der Waals surface area contributed by atoms with Crippen molar-refractivity contribution in [2.75, 3.05) is 20.8 Å². The van der Waals surface area contributed by atoms with Gasteiger partial charge in [-0.25, -0.2) is 8.42 Å². The van der Waals surface area contributed by atoms with Crippen molar-refractivity contribution in [2.45, 2.75) is 52.1 Å². The monoisotopic (exact) mass is 524 g/mol. The fraction of sp³-hybridized carbons (Fsp3) is 0.345. The number of nitrogens with zero attached hydrogens (tertiary/aromatic N) is 1. The highest BCUT2D eigenvalue weighted by Gasteiger charge is 2.30. The topological polar surface area (TPSA) is 84.9 Å². The number of ether oxygens (including phenoxy) is 2. The number of amides is 1. The van der Waals surface area contributed by atoms with E-state index in [0.717, 1.165) is 22.3 Å². The second kappa shape index (κ2) is 11.8. The van der Waals surface area contributed by atoms with Crippen LogP contribution in [-0.2, 0) is 21.4 Å². The van der Waals surface area contributed by atoms with Gasteiger partial charge in [0.2, 0.25) is 15.9 Å². The standard InChI is InChI=1S/C29H36N2O5S/c1-19-8-10-24(11-9-19)17-31(37(33,34)29-21(3)14-20(2)15-22(29)4)18-28(32)30-23(5)25-12-13-26(35-6)27(16-25)36-7/h8-16,23H,17-18H2,1-7H3,(H,30,32)/t23-/m1/s1. The van der Waals surface area contributed by atoms with Gasteiger partial charge in [-0.15, -0.1) is 0 Å². The number of rotatable bonds is 10. The molecule has 1 atom stereocenters. The fourth-order valence-corrected chi connectivity index (χ4v) is 6.27. The molecule has 3 aromatic carbocycles. The molecule has 1 amide bonds. The predicted octanol–water partition coefficient (Wildman–Crippen LogP) is 5.01. The molecule has 1 N–H and O–H groups in total. The summed E-state index contributed by atoms with van der Waals surface area (Å²) in [5.41, 5.74) is 4.99. The summed E-state index contributed by atoms with van der Waals surface area (Å²) >= 11 is 0. The molecule has 37 heavy (non-hydrogen) atoms. The van der Waals surface area contributed by atoms with Crippen molar-refractivity contribution in [1.82, 2.24) is 9.62 Å². The Balaban J connectivity index is 1.90. The van der Waals surface area contributed by atoms with Crippen LogP contribution in [0.2, 0.25) is 0 Å². The zero-order chi connectivity index (χ0) is 27.3. The van der Waals surface area contributed by atoms with Crippen LogP contribution < -0.4 is 14.8 Å². The average Bonchev–Trinajstić information content (AvgIpc) is 2.83. The van der Waals surface area contributed by atoms with Gasteiger partial charge in [0.15, 0.2) is 11.5 Å². The summed E-state index contributed by atoms with van der Waals surface area (Å²) < 4.78 is 39.7. The van der Waals surface area contributed by atoms with Gasteiger partial charge >= 0.3 is 0 Å². The van der Waals surface area contributed by atoms with Gasteiger partial charge in [0.25, 0.3) is 0 Å². The van der Waals surface area contributed by atoms with E-state index in [1.54, 1.807) is 40.2 Å². The zero-order valence-electron chi connectivity index (χ0n) is 22.6. The number of sulfonamides is 1. The molecule has 0 aliphatic heterocycles. The van der Waals surface area contributed by atoms with E-state index in [1.807, 2.05) is 63.2 Å². The Kier molecular flexibility index (Phi) is 8.99. The lowest BCUT2D eigenvalue weighted by Crippen LogP contribution is -2.41. The van der Waals surface area contributed by atoms with E-state index >= 15 is 0 Å². The van der Waals surface area contributed by atoms with Gasteiger partial charge in [0, 0.05) is 6.54 Å². The molecule has 0 heterocycles. The Hall–Kier alpha value is -3.36. The van der Waals surface area contributed by atoms with Gasteiger partial charge < -0.3 is 14.8 Å². The first-order valence-corrected chi connectivity index (χ1v) is 13.5. The molecule has 0 saturated carbocycles. The lowest BCUT2D eigenvalue weighted by molar-refractivity contribution is -0.122. The van der Waals surface area contributed by atoms with Crippen molar-refractivity contribution >= 4 is 15.9 Å². The number of benzene rings is 3. The van der Waals surface area contributed by atoms with Crippen molar-refractivity contribution in [3.8, 4) is 11.5 Å². The molecule has 0 aliphatic rings. The summed E-state index contributed by atoms with van der Waals surface area (Å²) in [4.78, 5) is 13.4. The summed E-state index contributed by atoms with van der Waals surface area (Å²) in [7, 11) is -0.859. The van der Waals surface area contributed by atoms with E-state index in [-0.39, 0.29) is 24.0 Å². The van der Waals surface area contributed by atoms with E-state index in [4.69, 9.17) is 9.47 Å². The van der Waals surface area contributed by atoms with E-state index in [9.17, 15) is 13.2 Å². The molecule has 0 aromatic heterocycles. The minimum absolute atomic E-state index is 0.0769. The summed E-state index contributed by atoms with van der Waals surface area (Å²) in [6.07, 6.45) is 0. The number of aryl methyl sites for hydroxylation is 4. The molecule has 198 valence electrons. The van der Waals surface area contributed by atoms with Gasteiger partial charge in [0.1, 0.15) is 0 Å². The number of methoxy groups -OCH3 is 2. The van der Waals surface area contributed by atoms with Crippen LogP contribution in [0, 0.1) is 27.7 Å². The second-order valence-corrected chi connectivity index (χ2v) is 11.3. The van der Waals surface area contributed by atoms with E-state index in [1.165, 1.54) is 4.31 Å². The van der Waals surface area contributed by atoms with Crippen molar-refractivity contribution in [1.29, 1.82) is 0 Å². The van der Waals surface area contributed by atoms with Crippen LogP contribution in [0.25, 0.3) is 0 Å². The third kappa shape index (κ3) is 6.70. The number of nitrogens with one attached hydrogen (secondary N) is 1. The Morgan fingerprint density at radius 2 is 1.46 bits per heavy atom. The van der Waals surface area contributed by atoms with Crippen LogP contribution in [0.4, 0.5) is 0 Å². The molecule has 3 rings (SSSR count). The molecular formula is C29H36N2O5S. The Morgan fingerprint density at radius 1 is 0.865 bits per heavy atom. The van der Waals surface area contributed by atoms with Crippen molar-refractivity contribution < 1.29 is 22.7 Å².